The second-order valence-corrected chi connectivity index (χ2v) is 6.86. The molecule has 0 aromatic heterocycles. The average Bonchev–Trinajstić information content (AvgIpc) is 2.69. The van der Waals surface area contributed by atoms with Crippen molar-refractivity contribution in [3.8, 4) is 11.5 Å². The van der Waals surface area contributed by atoms with Crippen molar-refractivity contribution in [2.24, 2.45) is 5.10 Å². The van der Waals surface area contributed by atoms with Gasteiger partial charge in [0.15, 0.2) is 0 Å². The molecule has 1 heterocycles. The highest BCUT2D eigenvalue weighted by atomic mass is 16.3. The third-order valence-electron chi connectivity index (χ3n) is 5.00. The fourth-order valence-corrected chi connectivity index (χ4v) is 3.47. The van der Waals surface area contributed by atoms with Gasteiger partial charge in [0.25, 0.3) is 0 Å². The zero-order valence-electron chi connectivity index (χ0n) is 15.1. The Labute approximate surface area is 158 Å². The van der Waals surface area contributed by atoms with E-state index >= 15 is 0 Å². The fourth-order valence-electron chi connectivity index (χ4n) is 3.47. The summed E-state index contributed by atoms with van der Waals surface area (Å²) in [5.74, 6) is 0.0834. The molecule has 0 saturated carbocycles. The zero-order valence-corrected chi connectivity index (χ0v) is 15.1. The molecule has 1 aliphatic rings. The maximum atomic E-state index is 9.84. The molecule has 0 unspecified atom stereocenters. The number of piperazine rings is 1. The predicted molar refractivity (Wildman–Crippen MR) is 108 cm³/mol. The summed E-state index contributed by atoms with van der Waals surface area (Å²) in [5.41, 5.74) is 1.96. The monoisotopic (exact) mass is 361 g/mol. The van der Waals surface area contributed by atoms with Crippen molar-refractivity contribution in [1.82, 2.24) is 9.91 Å². The second-order valence-electron chi connectivity index (χ2n) is 6.86. The smallest absolute Gasteiger partial charge is 0.128 e. The van der Waals surface area contributed by atoms with Gasteiger partial charge >= 0.3 is 0 Å². The number of benzene rings is 3. The van der Waals surface area contributed by atoms with E-state index in [0.717, 1.165) is 32.7 Å². The van der Waals surface area contributed by atoms with Crippen molar-refractivity contribution in [3.63, 3.8) is 0 Å². The van der Waals surface area contributed by atoms with Gasteiger partial charge in [0.1, 0.15) is 11.5 Å². The van der Waals surface area contributed by atoms with Gasteiger partial charge in [-0.25, -0.2) is 0 Å². The molecule has 0 aliphatic carbocycles. The highest BCUT2D eigenvalue weighted by molar-refractivity contribution is 5.85. The van der Waals surface area contributed by atoms with E-state index in [1.807, 2.05) is 5.01 Å². The Bertz CT molecular complexity index is 957. The summed E-state index contributed by atoms with van der Waals surface area (Å²) in [6, 6.07) is 19.5. The van der Waals surface area contributed by atoms with Crippen LogP contribution in [0, 0.1) is 0 Å². The molecular weight excluding hydrogens is 338 g/mol. The van der Waals surface area contributed by atoms with Gasteiger partial charge in [-0.05, 0) is 28.5 Å². The minimum atomic E-state index is 0.0355. The first-order valence-corrected chi connectivity index (χ1v) is 9.19. The molecule has 1 saturated heterocycles. The molecule has 0 spiro atoms. The van der Waals surface area contributed by atoms with E-state index < -0.39 is 0 Å². The van der Waals surface area contributed by atoms with Crippen LogP contribution in [0.2, 0.25) is 0 Å². The number of phenols is 2. The molecular formula is C22H23N3O2. The Morgan fingerprint density at radius 1 is 0.889 bits per heavy atom. The van der Waals surface area contributed by atoms with Crippen LogP contribution in [0.3, 0.4) is 0 Å². The highest BCUT2D eigenvalue weighted by Gasteiger charge is 2.16. The molecule has 1 fully saturated rings. The molecule has 4 rings (SSSR count). The van der Waals surface area contributed by atoms with Crippen molar-refractivity contribution in [2.45, 2.75) is 6.54 Å². The van der Waals surface area contributed by atoms with Gasteiger partial charge in [0, 0.05) is 44.4 Å². The van der Waals surface area contributed by atoms with E-state index in [9.17, 15) is 10.2 Å². The topological polar surface area (TPSA) is 59.3 Å². The number of nitrogens with zero attached hydrogens (tertiary/aromatic N) is 3. The van der Waals surface area contributed by atoms with Crippen molar-refractivity contribution in [2.75, 3.05) is 26.2 Å². The van der Waals surface area contributed by atoms with Gasteiger partial charge < -0.3 is 10.2 Å². The van der Waals surface area contributed by atoms with E-state index in [4.69, 9.17) is 0 Å². The predicted octanol–water partition coefficient (Wildman–Crippen LogP) is 3.40. The molecule has 0 radical (unpaired) electrons. The molecule has 0 amide bonds. The molecule has 0 atom stereocenters. The second kappa shape index (κ2) is 7.68. The number of aromatic hydroxyl groups is 2. The van der Waals surface area contributed by atoms with Crippen molar-refractivity contribution in [1.29, 1.82) is 0 Å². The lowest BCUT2D eigenvalue weighted by Gasteiger charge is -2.33. The van der Waals surface area contributed by atoms with Gasteiger partial charge in [-0.2, -0.15) is 5.10 Å². The number of fused-ring (bicyclic) bond motifs is 1. The standard InChI is InChI=1S/C22H23N3O2/c26-20-9-8-18(22(27)14-20)15-23-25-12-10-24(11-13-25)16-19-6-3-5-17-4-1-2-7-21(17)19/h1-9,14-15,26-27H,10-13,16H2. The molecule has 5 nitrogen and oxygen atoms in total. The summed E-state index contributed by atoms with van der Waals surface area (Å²) in [6.45, 7) is 4.53. The van der Waals surface area contributed by atoms with Crippen molar-refractivity contribution < 1.29 is 10.2 Å². The molecule has 0 bridgehead atoms. The van der Waals surface area contributed by atoms with Gasteiger partial charge in [-0.1, -0.05) is 42.5 Å². The lowest BCUT2D eigenvalue weighted by molar-refractivity contribution is 0.131. The third-order valence-corrected chi connectivity index (χ3v) is 5.00. The minimum absolute atomic E-state index is 0.0355. The molecule has 5 heteroatoms. The summed E-state index contributed by atoms with van der Waals surface area (Å²) in [4.78, 5) is 2.45. The summed E-state index contributed by atoms with van der Waals surface area (Å²) < 4.78 is 0. The van der Waals surface area contributed by atoms with Gasteiger partial charge in [0.2, 0.25) is 0 Å². The maximum Gasteiger partial charge on any atom is 0.128 e. The SMILES string of the molecule is Oc1ccc(C=NN2CCN(Cc3cccc4ccccc34)CC2)c(O)c1. The first-order valence-electron chi connectivity index (χ1n) is 9.19. The summed E-state index contributed by atoms with van der Waals surface area (Å²) >= 11 is 0. The van der Waals surface area contributed by atoms with Crippen LogP contribution < -0.4 is 0 Å². The Kier molecular flexibility index (Phi) is 4.94. The first kappa shape index (κ1) is 17.4. The molecule has 3 aromatic carbocycles. The number of hydrogen-bond donors (Lipinski definition) is 2. The summed E-state index contributed by atoms with van der Waals surface area (Å²) in [6.07, 6.45) is 1.65. The molecule has 1 aliphatic heterocycles. The van der Waals surface area contributed by atoms with E-state index in [0.29, 0.717) is 5.56 Å². The van der Waals surface area contributed by atoms with Crippen LogP contribution in [0.15, 0.2) is 65.8 Å². The Morgan fingerprint density at radius 2 is 1.67 bits per heavy atom. The first-order chi connectivity index (χ1) is 13.2. The van der Waals surface area contributed by atoms with Gasteiger partial charge in [0.05, 0.1) is 6.21 Å². The number of rotatable bonds is 4. The lowest BCUT2D eigenvalue weighted by Crippen LogP contribution is -2.43. The minimum Gasteiger partial charge on any atom is -0.508 e. The van der Waals surface area contributed by atoms with Crippen LogP contribution in [-0.2, 0) is 6.54 Å². The molecule has 2 N–H and O–H groups in total. The summed E-state index contributed by atoms with van der Waals surface area (Å²) in [7, 11) is 0. The van der Waals surface area contributed by atoms with E-state index in [1.165, 1.54) is 22.4 Å². The van der Waals surface area contributed by atoms with Gasteiger partial charge in [-0.3, -0.25) is 9.91 Å². The number of hydrazone groups is 1. The quantitative estimate of drug-likeness (QED) is 0.699. The lowest BCUT2D eigenvalue weighted by atomic mass is 10.0. The van der Waals surface area contributed by atoms with Crippen molar-refractivity contribution in [3.05, 3.63) is 71.8 Å². The Hall–Kier alpha value is -3.05. The number of phenolic OH excluding ortho intramolecular Hbond substituents is 2. The normalized spacial score (nSPS) is 15.6. The van der Waals surface area contributed by atoms with Crippen LogP contribution >= 0.6 is 0 Å². The summed E-state index contributed by atoms with van der Waals surface area (Å²) in [5, 5.41) is 28.3. The van der Waals surface area contributed by atoms with E-state index in [1.54, 1.807) is 18.3 Å². The van der Waals surface area contributed by atoms with Crippen LogP contribution in [0.25, 0.3) is 10.8 Å². The largest absolute Gasteiger partial charge is 0.508 e. The van der Waals surface area contributed by atoms with Crippen LogP contribution in [0.5, 0.6) is 11.5 Å². The highest BCUT2D eigenvalue weighted by Crippen LogP contribution is 2.22. The number of hydrogen-bond acceptors (Lipinski definition) is 5. The van der Waals surface area contributed by atoms with Crippen LogP contribution in [0.1, 0.15) is 11.1 Å². The van der Waals surface area contributed by atoms with Crippen LogP contribution in [0.4, 0.5) is 0 Å². The Morgan fingerprint density at radius 3 is 2.48 bits per heavy atom. The molecule has 3 aromatic rings. The zero-order chi connectivity index (χ0) is 18.6. The van der Waals surface area contributed by atoms with E-state index in [-0.39, 0.29) is 11.5 Å². The average molecular weight is 361 g/mol. The molecule has 138 valence electrons. The van der Waals surface area contributed by atoms with E-state index in [2.05, 4.69) is 52.5 Å². The fraction of sp³-hybridized carbons (Fsp3) is 0.227. The van der Waals surface area contributed by atoms with Gasteiger partial charge in [-0.15, -0.1) is 0 Å². The van der Waals surface area contributed by atoms with Crippen LogP contribution in [-0.4, -0.2) is 52.5 Å². The molecule has 27 heavy (non-hydrogen) atoms. The Balaban J connectivity index is 1.37. The van der Waals surface area contributed by atoms with Crippen molar-refractivity contribution >= 4 is 17.0 Å². The third kappa shape index (κ3) is 4.04. The maximum absolute atomic E-state index is 9.84.